The Morgan fingerprint density at radius 2 is 2.18 bits per heavy atom. The second-order valence-electron chi connectivity index (χ2n) is 4.43. The van der Waals surface area contributed by atoms with Crippen molar-refractivity contribution in [3.8, 4) is 0 Å². The molecule has 0 N–H and O–H groups in total. The molecule has 0 saturated carbocycles. The summed E-state index contributed by atoms with van der Waals surface area (Å²) in [7, 11) is 2.74. The highest BCUT2D eigenvalue weighted by Crippen LogP contribution is 2.33. The molecule has 2 atom stereocenters. The first-order chi connectivity index (χ1) is 8.09. The quantitative estimate of drug-likeness (QED) is 0.672. The molecule has 1 heterocycles. The van der Waals surface area contributed by atoms with Crippen LogP contribution >= 0.6 is 9.39 Å². The molecule has 3 nitrogen and oxygen atoms in total. The van der Waals surface area contributed by atoms with E-state index in [0.717, 1.165) is 13.0 Å². The Balaban J connectivity index is 0.000000686. The van der Waals surface area contributed by atoms with Crippen LogP contribution < -0.4 is 0 Å². The van der Waals surface area contributed by atoms with E-state index in [0.29, 0.717) is 0 Å². The van der Waals surface area contributed by atoms with Crippen LogP contribution in [0, 0.1) is 0 Å². The second-order valence-corrected chi connectivity index (χ2v) is 5.06. The van der Waals surface area contributed by atoms with Crippen molar-refractivity contribution < 1.29 is 9.53 Å². The van der Waals surface area contributed by atoms with Gasteiger partial charge in [0.25, 0.3) is 0 Å². The summed E-state index contributed by atoms with van der Waals surface area (Å²) in [6.07, 6.45) is 11.9. The number of ether oxygens (including phenoxy) is 1. The van der Waals surface area contributed by atoms with Gasteiger partial charge in [0.2, 0.25) is 0 Å². The average molecular weight is 253 g/mol. The summed E-state index contributed by atoms with van der Waals surface area (Å²) in [4.78, 5) is 8.00. The molecule has 17 heavy (non-hydrogen) atoms. The molecule has 1 aliphatic heterocycles. The molecule has 1 aliphatic carbocycles. The molecule has 0 radical (unpaired) electrons. The van der Waals surface area contributed by atoms with E-state index in [2.05, 4.69) is 58.3 Å². The fourth-order valence-electron chi connectivity index (χ4n) is 1.86. The first kappa shape index (κ1) is 14.3. The first-order valence-corrected chi connectivity index (χ1v) is 6.13. The van der Waals surface area contributed by atoms with Gasteiger partial charge >= 0.3 is 0 Å². The Morgan fingerprint density at radius 1 is 1.47 bits per heavy atom. The molecular formula is C13H20NO2P. The van der Waals surface area contributed by atoms with Crippen LogP contribution in [-0.4, -0.2) is 29.8 Å². The third kappa shape index (κ3) is 3.60. The SMILES string of the molecule is C=O.CC1(C)OC(C2=CCC=CC=C2)CN1P. The smallest absolute Gasteiger partial charge is 0.119 e. The van der Waals surface area contributed by atoms with E-state index in [1.807, 2.05) is 6.79 Å². The van der Waals surface area contributed by atoms with Crippen LogP contribution in [0.5, 0.6) is 0 Å². The molecule has 0 spiro atoms. The van der Waals surface area contributed by atoms with Gasteiger partial charge in [-0.1, -0.05) is 39.8 Å². The molecule has 0 amide bonds. The minimum Gasteiger partial charge on any atom is -0.351 e. The Hall–Kier alpha value is -0.760. The van der Waals surface area contributed by atoms with E-state index in [4.69, 9.17) is 9.53 Å². The lowest BCUT2D eigenvalue weighted by Crippen LogP contribution is -2.31. The summed E-state index contributed by atoms with van der Waals surface area (Å²) < 4.78 is 8.19. The largest absolute Gasteiger partial charge is 0.351 e. The van der Waals surface area contributed by atoms with E-state index < -0.39 is 0 Å². The van der Waals surface area contributed by atoms with E-state index in [1.54, 1.807) is 0 Å². The van der Waals surface area contributed by atoms with Gasteiger partial charge in [-0.15, -0.1) is 0 Å². The number of hydrogen-bond donors (Lipinski definition) is 0. The first-order valence-electron chi connectivity index (χ1n) is 5.62. The predicted molar refractivity (Wildman–Crippen MR) is 73.5 cm³/mol. The van der Waals surface area contributed by atoms with Gasteiger partial charge in [-0.2, -0.15) is 0 Å². The lowest BCUT2D eigenvalue weighted by molar-refractivity contribution is -0.0980. The lowest BCUT2D eigenvalue weighted by Gasteiger charge is -2.25. The van der Waals surface area contributed by atoms with E-state index in [1.165, 1.54) is 5.57 Å². The fourth-order valence-corrected chi connectivity index (χ4v) is 2.11. The highest BCUT2D eigenvalue weighted by atomic mass is 31.0. The maximum Gasteiger partial charge on any atom is 0.119 e. The molecule has 0 aromatic carbocycles. The average Bonchev–Trinajstić information content (AvgIpc) is 2.54. The Bertz CT molecular complexity index is 347. The molecule has 94 valence electrons. The highest BCUT2D eigenvalue weighted by Gasteiger charge is 2.37. The van der Waals surface area contributed by atoms with Gasteiger partial charge in [-0.3, -0.25) is 4.67 Å². The van der Waals surface area contributed by atoms with Crippen LogP contribution in [0.2, 0.25) is 0 Å². The molecule has 2 unspecified atom stereocenters. The molecule has 2 aliphatic rings. The summed E-state index contributed by atoms with van der Waals surface area (Å²) in [6.45, 7) is 7.13. The van der Waals surface area contributed by atoms with Crippen LogP contribution in [-0.2, 0) is 9.53 Å². The van der Waals surface area contributed by atoms with Crippen LogP contribution in [0.25, 0.3) is 0 Å². The third-order valence-corrected chi connectivity index (χ3v) is 3.71. The number of carbonyl (C=O) groups excluding carboxylic acids is 1. The van der Waals surface area contributed by atoms with E-state index in [9.17, 15) is 0 Å². The third-order valence-electron chi connectivity index (χ3n) is 2.88. The van der Waals surface area contributed by atoms with Gasteiger partial charge in [0.1, 0.15) is 12.5 Å². The molecule has 1 saturated heterocycles. The van der Waals surface area contributed by atoms with Gasteiger partial charge in [-0.25, -0.2) is 0 Å². The Labute approximate surface area is 105 Å². The van der Waals surface area contributed by atoms with Crippen molar-refractivity contribution >= 4 is 16.2 Å². The number of allylic oxidation sites excluding steroid dienone is 4. The highest BCUT2D eigenvalue weighted by molar-refractivity contribution is 7.13. The van der Waals surface area contributed by atoms with Crippen molar-refractivity contribution in [1.82, 2.24) is 4.67 Å². The summed E-state index contributed by atoms with van der Waals surface area (Å²) in [5.74, 6) is 0. The summed E-state index contributed by atoms with van der Waals surface area (Å²) in [5.41, 5.74) is 1.11. The monoisotopic (exact) mass is 253 g/mol. The zero-order chi connectivity index (χ0) is 12.9. The maximum absolute atomic E-state index is 8.00. The van der Waals surface area contributed by atoms with Crippen molar-refractivity contribution in [2.75, 3.05) is 6.54 Å². The van der Waals surface area contributed by atoms with Gasteiger partial charge in [-0.05, 0) is 25.8 Å². The maximum atomic E-state index is 8.00. The summed E-state index contributed by atoms with van der Waals surface area (Å²) in [6, 6.07) is 0. The van der Waals surface area contributed by atoms with Crippen molar-refractivity contribution in [3.63, 3.8) is 0 Å². The minimum atomic E-state index is -0.177. The summed E-state index contributed by atoms with van der Waals surface area (Å²) in [5, 5.41) is 0. The summed E-state index contributed by atoms with van der Waals surface area (Å²) >= 11 is 0. The molecule has 0 aromatic rings. The minimum absolute atomic E-state index is 0.177. The number of carbonyl (C=O) groups is 1. The van der Waals surface area contributed by atoms with Crippen LogP contribution in [0.15, 0.2) is 36.0 Å². The molecule has 1 fully saturated rings. The zero-order valence-electron chi connectivity index (χ0n) is 10.4. The number of hydrogen-bond acceptors (Lipinski definition) is 3. The normalized spacial score (nSPS) is 27.0. The standard InChI is InChI=1S/C12H18NOP.CH2O/c1-12(2)13(15)9-11(14-12)10-7-5-3-4-6-8-10;1-2/h3-5,7-8,11H,6,9,15H2,1-2H3;1H2. The Morgan fingerprint density at radius 3 is 2.76 bits per heavy atom. The molecule has 0 bridgehead atoms. The molecular weight excluding hydrogens is 233 g/mol. The van der Waals surface area contributed by atoms with Gasteiger partial charge in [0, 0.05) is 6.54 Å². The predicted octanol–water partition coefficient (Wildman–Crippen LogP) is 2.47. The van der Waals surface area contributed by atoms with Gasteiger partial charge < -0.3 is 9.53 Å². The van der Waals surface area contributed by atoms with Crippen molar-refractivity contribution in [1.29, 1.82) is 0 Å². The van der Waals surface area contributed by atoms with Crippen LogP contribution in [0.1, 0.15) is 20.3 Å². The van der Waals surface area contributed by atoms with Crippen molar-refractivity contribution in [3.05, 3.63) is 36.0 Å². The van der Waals surface area contributed by atoms with Crippen LogP contribution in [0.3, 0.4) is 0 Å². The van der Waals surface area contributed by atoms with Crippen LogP contribution in [0.4, 0.5) is 0 Å². The molecule has 4 heteroatoms. The van der Waals surface area contributed by atoms with E-state index in [-0.39, 0.29) is 11.8 Å². The van der Waals surface area contributed by atoms with Gasteiger partial charge in [0.05, 0.1) is 6.10 Å². The number of nitrogens with zero attached hydrogens (tertiary/aromatic N) is 1. The topological polar surface area (TPSA) is 29.5 Å². The lowest BCUT2D eigenvalue weighted by atomic mass is 10.1. The molecule has 0 aromatic heterocycles. The fraction of sp³-hybridized carbons (Fsp3) is 0.462. The zero-order valence-corrected chi connectivity index (χ0v) is 11.6. The number of rotatable bonds is 1. The van der Waals surface area contributed by atoms with Crippen molar-refractivity contribution in [2.45, 2.75) is 32.1 Å². The van der Waals surface area contributed by atoms with Crippen molar-refractivity contribution in [2.24, 2.45) is 0 Å². The van der Waals surface area contributed by atoms with E-state index >= 15 is 0 Å². The van der Waals surface area contributed by atoms with Gasteiger partial charge in [0.15, 0.2) is 0 Å². The second kappa shape index (κ2) is 6.25. The molecule has 2 rings (SSSR count). The Kier molecular flexibility index (Phi) is 5.26.